The van der Waals surface area contributed by atoms with Gasteiger partial charge in [-0.2, -0.15) is 13.2 Å². The van der Waals surface area contributed by atoms with Crippen molar-refractivity contribution in [2.24, 2.45) is 17.8 Å². The van der Waals surface area contributed by atoms with E-state index in [1.54, 1.807) is 37.3 Å². The first-order valence-electron chi connectivity index (χ1n) is 19.0. The van der Waals surface area contributed by atoms with Crippen LogP contribution < -0.4 is 24.8 Å². The lowest BCUT2D eigenvalue weighted by Crippen LogP contribution is -2.59. The Labute approximate surface area is 328 Å². The molecule has 19 heteroatoms. The van der Waals surface area contributed by atoms with Crippen molar-refractivity contribution in [1.82, 2.24) is 30.5 Å². The molecule has 3 fully saturated rings. The Morgan fingerprint density at radius 1 is 1.04 bits per heavy atom. The van der Waals surface area contributed by atoms with E-state index in [0.717, 1.165) is 0 Å². The molecule has 2 saturated carbocycles. The minimum atomic E-state index is -4.92. The van der Waals surface area contributed by atoms with Gasteiger partial charge in [0.15, 0.2) is 0 Å². The molecule has 1 aromatic heterocycles. The molecule has 2 aromatic rings. The normalized spacial score (nSPS) is 29.7. The van der Waals surface area contributed by atoms with Crippen LogP contribution in [0.15, 0.2) is 36.4 Å². The van der Waals surface area contributed by atoms with Crippen LogP contribution in [0.5, 0.6) is 11.8 Å². The van der Waals surface area contributed by atoms with Crippen LogP contribution in [0.25, 0.3) is 10.8 Å². The summed E-state index contributed by atoms with van der Waals surface area (Å²) >= 11 is 0. The number of benzene rings is 1. The van der Waals surface area contributed by atoms with Gasteiger partial charge in [-0.1, -0.05) is 38.1 Å². The van der Waals surface area contributed by atoms with Crippen LogP contribution in [0.3, 0.4) is 0 Å². The summed E-state index contributed by atoms with van der Waals surface area (Å²) in [4.78, 5) is 57.3. The zero-order chi connectivity index (χ0) is 41.7. The number of carbonyl (C=O) groups excluding carboxylic acids is 4. The first-order chi connectivity index (χ1) is 26.6. The molecule has 4 amide bonds. The summed E-state index contributed by atoms with van der Waals surface area (Å²) in [5, 5.41) is 14.5. The summed E-state index contributed by atoms with van der Waals surface area (Å²) in [5.74, 6) is -3.43. The lowest BCUT2D eigenvalue weighted by atomic mass is 9.88. The number of ether oxygens (including phenoxy) is 3. The van der Waals surface area contributed by atoms with Crippen LogP contribution in [0.1, 0.15) is 79.6 Å². The second-order valence-corrected chi connectivity index (χ2v) is 18.7. The van der Waals surface area contributed by atoms with E-state index in [1.165, 1.54) is 18.9 Å². The first-order valence-corrected chi connectivity index (χ1v) is 20.5. The number of amides is 4. The third-order valence-corrected chi connectivity index (χ3v) is 13.8. The van der Waals surface area contributed by atoms with Crippen LogP contribution in [0, 0.1) is 17.8 Å². The van der Waals surface area contributed by atoms with Gasteiger partial charge in [0, 0.05) is 12.3 Å². The van der Waals surface area contributed by atoms with E-state index in [1.807, 2.05) is 13.0 Å². The number of nitrogens with one attached hydrogen (secondary N) is 3. The molecular weight excluding hydrogens is 774 g/mol. The molecule has 0 radical (unpaired) electrons. The molecule has 0 unspecified atom stereocenters. The Morgan fingerprint density at radius 2 is 1.68 bits per heavy atom. The van der Waals surface area contributed by atoms with Crippen molar-refractivity contribution in [2.45, 2.75) is 120 Å². The van der Waals surface area contributed by atoms with Gasteiger partial charge in [0.05, 0.1) is 29.2 Å². The average molecular weight is 823 g/mol. The van der Waals surface area contributed by atoms with Crippen molar-refractivity contribution in [3.05, 3.63) is 36.4 Å². The minimum Gasteiger partial charge on any atom is -0.479 e. The van der Waals surface area contributed by atoms with E-state index in [2.05, 4.69) is 25.6 Å². The maximum Gasteiger partial charge on any atom is 0.427 e. The van der Waals surface area contributed by atoms with Gasteiger partial charge < -0.3 is 29.7 Å². The highest BCUT2D eigenvalue weighted by Gasteiger charge is 2.63. The largest absolute Gasteiger partial charge is 0.479 e. The highest BCUT2D eigenvalue weighted by atomic mass is 32.2. The molecule has 0 spiro atoms. The fourth-order valence-electron chi connectivity index (χ4n) is 7.49. The topological polar surface area (TPSA) is 195 Å². The summed E-state index contributed by atoms with van der Waals surface area (Å²) in [5.41, 5.74) is -4.54. The van der Waals surface area contributed by atoms with Crippen LogP contribution in [-0.2, 0) is 29.1 Å². The molecule has 1 saturated heterocycles. The molecule has 4 aliphatic rings. The van der Waals surface area contributed by atoms with Crippen molar-refractivity contribution in [3.8, 4) is 11.8 Å². The van der Waals surface area contributed by atoms with Gasteiger partial charge in [-0.05, 0) is 83.3 Å². The summed E-state index contributed by atoms with van der Waals surface area (Å²) in [7, 11) is -2.65. The SMILES string of the molecule is COc1nnc(O[C@@H]2C[C@H]3C(=O)N[C@]4(C(=O)NS(=O)(=O)C5(C)CC5)C[C@H]4/C=C\CC[C@@H](C)C[C@@H](C)[C@H](NC(=O)OC(C)(C)C(F)(F)F)C(=O)N3C2)c2ccccc12. The number of alkyl carbamates (subject to hydrolysis) is 1. The van der Waals surface area contributed by atoms with E-state index in [0.29, 0.717) is 56.7 Å². The van der Waals surface area contributed by atoms with E-state index in [4.69, 9.17) is 14.2 Å². The molecule has 1 aromatic carbocycles. The van der Waals surface area contributed by atoms with Gasteiger partial charge in [0.2, 0.25) is 39.2 Å². The lowest BCUT2D eigenvalue weighted by Gasteiger charge is -2.34. The number of carbonyl (C=O) groups is 4. The fourth-order valence-corrected chi connectivity index (χ4v) is 8.81. The van der Waals surface area contributed by atoms with Gasteiger partial charge in [-0.25, -0.2) is 13.2 Å². The predicted octanol–water partition coefficient (Wildman–Crippen LogP) is 4.31. The Morgan fingerprint density at radius 3 is 2.32 bits per heavy atom. The molecule has 2 aliphatic carbocycles. The number of rotatable bonds is 8. The maximum absolute atomic E-state index is 14.7. The van der Waals surface area contributed by atoms with Crippen LogP contribution in [0.2, 0.25) is 0 Å². The first kappa shape index (κ1) is 41.9. The van der Waals surface area contributed by atoms with Gasteiger partial charge in [0.25, 0.3) is 5.91 Å². The van der Waals surface area contributed by atoms with Crippen molar-refractivity contribution >= 4 is 44.6 Å². The van der Waals surface area contributed by atoms with Gasteiger partial charge in [-0.3, -0.25) is 19.1 Å². The predicted molar refractivity (Wildman–Crippen MR) is 199 cm³/mol. The number of alkyl halides is 3. The standard InChI is InChI=1S/C38H49F3N6O9S/c1-21-11-7-8-12-23-19-37(23,33(50)46-57(52,53)36(5)15-16-36)43-29(48)27-18-24(55-31-26-14-10-9-13-25(26)30(54-6)44-45-31)20-47(27)32(49)28(22(2)17-21)42-34(51)56-35(3,4)38(39,40)41/h8-10,12-14,21-24,27-28H,7,11,15-20H2,1-6H3,(H,42,51)(H,43,48)(H,46,50)/b12-8-/t21-,22-,23-,24-,27+,28+,37-/m1/s1. The molecule has 57 heavy (non-hydrogen) atoms. The van der Waals surface area contributed by atoms with Crippen LogP contribution >= 0.6 is 0 Å². The van der Waals surface area contributed by atoms with E-state index < -0.39 is 85.9 Å². The molecule has 6 rings (SSSR count). The van der Waals surface area contributed by atoms with Crippen molar-refractivity contribution in [2.75, 3.05) is 13.7 Å². The number of allylic oxidation sites excluding steroid dienone is 1. The van der Waals surface area contributed by atoms with Crippen LogP contribution in [-0.4, -0.2) is 101 Å². The highest BCUT2D eigenvalue weighted by molar-refractivity contribution is 7.91. The molecule has 2 aliphatic heterocycles. The number of halogens is 3. The summed E-state index contributed by atoms with van der Waals surface area (Å²) in [6, 6.07) is 4.20. The average Bonchev–Trinajstić information content (AvgIpc) is 4.01. The van der Waals surface area contributed by atoms with Gasteiger partial charge in [-0.15, -0.1) is 10.2 Å². The number of methoxy groups -OCH3 is 1. The van der Waals surface area contributed by atoms with Crippen molar-refractivity contribution < 1.29 is 55.0 Å². The third kappa shape index (κ3) is 8.48. The molecule has 15 nitrogen and oxygen atoms in total. The fraction of sp³-hybridized carbons (Fsp3) is 0.632. The summed E-state index contributed by atoms with van der Waals surface area (Å²) < 4.78 is 85.0. The summed E-state index contributed by atoms with van der Waals surface area (Å²) in [6.45, 7) is 6.27. The Hall–Kier alpha value is -4.68. The number of fused-ring (bicyclic) bond motifs is 3. The van der Waals surface area contributed by atoms with E-state index in [9.17, 15) is 40.8 Å². The second kappa shape index (κ2) is 15.2. The lowest BCUT2D eigenvalue weighted by molar-refractivity contribution is -0.244. The molecule has 3 N–H and O–H groups in total. The zero-order valence-electron chi connectivity index (χ0n) is 32.6. The van der Waals surface area contributed by atoms with Crippen molar-refractivity contribution in [3.63, 3.8) is 0 Å². The number of nitrogens with zero attached hydrogens (tertiary/aromatic N) is 3. The van der Waals surface area contributed by atoms with Crippen LogP contribution in [0.4, 0.5) is 18.0 Å². The Balaban J connectivity index is 1.36. The highest BCUT2D eigenvalue weighted by Crippen LogP contribution is 2.48. The molecule has 312 valence electrons. The molecular formula is C38H49F3N6O9S. The smallest absolute Gasteiger partial charge is 0.427 e. The Bertz CT molecular complexity index is 2060. The number of hydrogen-bond acceptors (Lipinski definition) is 11. The maximum atomic E-state index is 14.7. The monoisotopic (exact) mass is 822 g/mol. The molecule has 0 bridgehead atoms. The number of sulfonamides is 1. The quantitative estimate of drug-likeness (QED) is 0.321. The second-order valence-electron chi connectivity index (χ2n) is 16.5. The zero-order valence-corrected chi connectivity index (χ0v) is 33.5. The van der Waals surface area contributed by atoms with Gasteiger partial charge >= 0.3 is 12.3 Å². The molecule has 3 heterocycles. The summed E-state index contributed by atoms with van der Waals surface area (Å²) in [6.07, 6.45) is -1.46. The van der Waals surface area contributed by atoms with Gasteiger partial charge in [0.1, 0.15) is 23.7 Å². The minimum absolute atomic E-state index is 0.0432. The Kier molecular flexibility index (Phi) is 11.2. The number of aromatic nitrogens is 2. The van der Waals surface area contributed by atoms with E-state index in [-0.39, 0.29) is 37.1 Å². The number of hydrogen-bond donors (Lipinski definition) is 3. The molecule has 7 atom stereocenters. The van der Waals surface area contributed by atoms with E-state index >= 15 is 0 Å². The third-order valence-electron chi connectivity index (χ3n) is 11.6. The van der Waals surface area contributed by atoms with Crippen molar-refractivity contribution in [1.29, 1.82) is 0 Å².